The van der Waals surface area contributed by atoms with Crippen molar-refractivity contribution >= 4 is 76.7 Å². The van der Waals surface area contributed by atoms with Crippen molar-refractivity contribution in [2.24, 2.45) is 0 Å². The maximum Gasteiger partial charge on any atom is 2.00 e. The first-order valence-electron chi connectivity index (χ1n) is 25.9. The second-order valence-electron chi connectivity index (χ2n) is 20.7. The van der Waals surface area contributed by atoms with E-state index < -0.39 is 0 Å². The number of hydrogen-bond acceptors (Lipinski definition) is 3. The molecule has 6 heteroatoms. The van der Waals surface area contributed by atoms with Crippen LogP contribution in [0.25, 0.3) is 121 Å². The largest absolute Gasteiger partial charge is 2.00 e. The van der Waals surface area contributed by atoms with Gasteiger partial charge >= 0.3 is 20.4 Å². The van der Waals surface area contributed by atoms with Crippen molar-refractivity contribution in [1.82, 2.24) is 18.8 Å². The van der Waals surface area contributed by atoms with Gasteiger partial charge in [-0.15, -0.1) is 12.1 Å². The van der Waals surface area contributed by atoms with Crippen molar-refractivity contribution in [3.05, 3.63) is 226 Å². The molecule has 0 atom stereocenters. The molecule has 0 aliphatic rings. The van der Waals surface area contributed by atoms with Crippen molar-refractivity contribution in [3.63, 3.8) is 0 Å². The molecule has 4 heterocycles. The van der Waals surface area contributed by atoms with Crippen molar-refractivity contribution in [3.8, 4) is 56.0 Å². The molecule has 0 spiro atoms. The molecule has 0 aliphatic carbocycles. The standard InChI is InChI=1S/C70H52N4O.Pd/c1-39-17-13-18-40(2)65(39)53-35-51-49-31-29-47(33-57(49)69-71-59-25-9-11-27-61(59)73(69)63(51)37-55(53)67-43(5)21-15-22-44(67)6)75-48-30-32-50-52-36-54(66-41(3)19-14-20-42(66)4)56(68-45(7)23-16-24-46(68)8)38-64(52)74-62-28-12-10-26-60(62)72-70(74)58(50)34-48;/h9-32,35-38H,1-8H3;/q-2;+2. The summed E-state index contributed by atoms with van der Waals surface area (Å²) in [6, 6.07) is 68.9. The number of nitrogens with zero attached hydrogens (tertiary/aromatic N) is 4. The van der Waals surface area contributed by atoms with Crippen LogP contribution >= 0.6 is 0 Å². The van der Waals surface area contributed by atoms with Gasteiger partial charge in [-0.05, 0) is 192 Å². The van der Waals surface area contributed by atoms with Crippen molar-refractivity contribution in [2.45, 2.75) is 55.4 Å². The Morgan fingerprint density at radius 2 is 0.645 bits per heavy atom. The Balaban J connectivity index is 0.00000553. The van der Waals surface area contributed by atoms with Gasteiger partial charge in [-0.25, -0.2) is 0 Å². The average molecular weight is 1070 g/mol. The third-order valence-corrected chi connectivity index (χ3v) is 16.0. The number of benzene rings is 10. The van der Waals surface area contributed by atoms with Crippen molar-refractivity contribution in [2.75, 3.05) is 0 Å². The number of aryl methyl sites for hydroxylation is 8. The van der Waals surface area contributed by atoms with Crippen LogP contribution in [0.1, 0.15) is 44.5 Å². The molecule has 10 aromatic carbocycles. The SMILES string of the molecule is Cc1cccc(C)c1-c1cc2c3ccc(Oc4[c-]c5c(cc4)c4cc(-c6c(C)cccc6C)c(-c6c(C)cccc6C)cc4n4c6ccccc6nc54)[c-]c3c3nc4ccccc4n3c2cc1-c1c(C)cccc1C.[Pd+2]. The summed E-state index contributed by atoms with van der Waals surface area (Å²) < 4.78 is 11.6. The topological polar surface area (TPSA) is 43.8 Å². The molecule has 0 radical (unpaired) electrons. The third kappa shape index (κ3) is 7.16. The van der Waals surface area contributed by atoms with E-state index in [0.29, 0.717) is 11.5 Å². The fraction of sp³-hybridized carbons (Fsp3) is 0.114. The van der Waals surface area contributed by atoms with Gasteiger partial charge in [0.05, 0.1) is 33.4 Å². The summed E-state index contributed by atoms with van der Waals surface area (Å²) in [5.74, 6) is 1.16. The quantitative estimate of drug-likeness (QED) is 0.0947. The Hall–Kier alpha value is -8.40. The molecule has 0 fully saturated rings. The number of ether oxygens (including phenoxy) is 1. The number of imidazole rings is 2. The Morgan fingerprint density at radius 1 is 0.329 bits per heavy atom. The van der Waals surface area contributed by atoms with Crippen LogP contribution in [0.3, 0.4) is 0 Å². The smallest absolute Gasteiger partial charge is 0.497 e. The van der Waals surface area contributed by atoms with E-state index in [4.69, 9.17) is 14.7 Å². The maximum atomic E-state index is 6.94. The zero-order chi connectivity index (χ0) is 51.0. The van der Waals surface area contributed by atoms with Gasteiger partial charge in [0.2, 0.25) is 0 Å². The average Bonchev–Trinajstić information content (AvgIpc) is 3.99. The fourth-order valence-electron chi connectivity index (χ4n) is 12.6. The molecule has 0 saturated heterocycles. The van der Waals surface area contributed by atoms with Gasteiger partial charge in [-0.1, -0.05) is 155 Å². The Bertz CT molecular complexity index is 4400. The van der Waals surface area contributed by atoms with E-state index in [0.717, 1.165) is 76.7 Å². The zero-order valence-corrected chi connectivity index (χ0v) is 45.2. The molecule has 0 amide bonds. The molecule has 5 nitrogen and oxygen atoms in total. The van der Waals surface area contributed by atoms with Crippen LogP contribution in [0.5, 0.6) is 11.5 Å². The Labute approximate surface area is 455 Å². The Morgan fingerprint density at radius 3 is 0.987 bits per heavy atom. The summed E-state index contributed by atoms with van der Waals surface area (Å²) in [5.41, 5.74) is 27.6. The predicted molar refractivity (Wildman–Crippen MR) is 313 cm³/mol. The second-order valence-corrected chi connectivity index (χ2v) is 20.7. The van der Waals surface area contributed by atoms with Gasteiger partial charge < -0.3 is 13.5 Å². The number of pyridine rings is 2. The number of fused-ring (bicyclic) bond motifs is 16. The number of para-hydroxylation sites is 4. The minimum Gasteiger partial charge on any atom is -0.497 e. The Kier molecular flexibility index (Phi) is 11.1. The molecular weight excluding hydrogens is 1020 g/mol. The van der Waals surface area contributed by atoms with Gasteiger partial charge in [-0.3, -0.25) is 9.97 Å². The molecule has 14 aromatic rings. The summed E-state index contributed by atoms with van der Waals surface area (Å²) in [7, 11) is 0. The first kappa shape index (κ1) is 47.3. The van der Waals surface area contributed by atoms with Gasteiger partial charge in [-0.2, -0.15) is 0 Å². The molecule has 0 bridgehead atoms. The normalized spacial score (nSPS) is 11.8. The monoisotopic (exact) mass is 1070 g/mol. The maximum absolute atomic E-state index is 6.94. The first-order valence-corrected chi connectivity index (χ1v) is 25.9. The molecule has 4 aromatic heterocycles. The molecule has 76 heavy (non-hydrogen) atoms. The van der Waals surface area contributed by atoms with E-state index in [2.05, 4.69) is 234 Å². The third-order valence-electron chi connectivity index (χ3n) is 16.0. The molecular formula is C70H52N4OPd. The van der Waals surface area contributed by atoms with E-state index in [1.807, 2.05) is 12.1 Å². The number of aromatic nitrogens is 4. The van der Waals surface area contributed by atoms with Crippen LogP contribution in [0.2, 0.25) is 0 Å². The van der Waals surface area contributed by atoms with E-state index in [9.17, 15) is 0 Å². The van der Waals surface area contributed by atoms with Gasteiger partial charge in [0.25, 0.3) is 0 Å². The number of rotatable bonds is 6. The van der Waals surface area contributed by atoms with E-state index >= 15 is 0 Å². The summed E-state index contributed by atoms with van der Waals surface area (Å²) >= 11 is 0. The van der Waals surface area contributed by atoms with Crippen LogP contribution in [0.15, 0.2) is 170 Å². The van der Waals surface area contributed by atoms with Crippen molar-refractivity contribution in [1.29, 1.82) is 0 Å². The van der Waals surface area contributed by atoms with E-state index in [1.54, 1.807) is 0 Å². The minimum atomic E-state index is 0. The summed E-state index contributed by atoms with van der Waals surface area (Å²) in [6.07, 6.45) is 0. The van der Waals surface area contributed by atoms with Crippen LogP contribution < -0.4 is 4.74 Å². The molecule has 0 saturated carbocycles. The van der Waals surface area contributed by atoms with Gasteiger partial charge in [0, 0.05) is 22.5 Å². The van der Waals surface area contributed by atoms with Crippen LogP contribution in [-0.2, 0) is 20.4 Å². The first-order chi connectivity index (χ1) is 36.5. The van der Waals surface area contributed by atoms with E-state index in [1.165, 1.54) is 89.0 Å². The molecule has 14 rings (SSSR count). The molecule has 0 aliphatic heterocycles. The predicted octanol–water partition coefficient (Wildman–Crippen LogP) is 18.4. The second kappa shape index (κ2) is 17.9. The summed E-state index contributed by atoms with van der Waals surface area (Å²) in [6.45, 7) is 17.8. The van der Waals surface area contributed by atoms with Crippen LogP contribution in [0, 0.1) is 67.5 Å². The number of hydrogen-bond donors (Lipinski definition) is 0. The van der Waals surface area contributed by atoms with Gasteiger partial charge in [0.15, 0.2) is 0 Å². The summed E-state index contributed by atoms with van der Waals surface area (Å²) in [5, 5.41) is 6.12. The van der Waals surface area contributed by atoms with E-state index in [-0.39, 0.29) is 20.4 Å². The van der Waals surface area contributed by atoms with Gasteiger partial charge in [0.1, 0.15) is 0 Å². The zero-order valence-electron chi connectivity index (χ0n) is 43.7. The molecule has 368 valence electrons. The molecule has 0 unspecified atom stereocenters. The van der Waals surface area contributed by atoms with Crippen molar-refractivity contribution < 1.29 is 25.2 Å². The minimum absolute atomic E-state index is 0. The fourth-order valence-corrected chi connectivity index (χ4v) is 12.6. The summed E-state index contributed by atoms with van der Waals surface area (Å²) in [4.78, 5) is 10.7. The molecule has 0 N–H and O–H groups in total. The van der Waals surface area contributed by atoms with Crippen LogP contribution in [0.4, 0.5) is 0 Å². The van der Waals surface area contributed by atoms with Crippen LogP contribution in [-0.4, -0.2) is 18.8 Å².